The summed E-state index contributed by atoms with van der Waals surface area (Å²) in [5.74, 6) is 1.59. The van der Waals surface area contributed by atoms with Crippen LogP contribution in [0.2, 0.25) is 0 Å². The van der Waals surface area contributed by atoms with Crippen molar-refractivity contribution in [1.29, 1.82) is 0 Å². The summed E-state index contributed by atoms with van der Waals surface area (Å²) in [7, 11) is 0. The second kappa shape index (κ2) is 9.16. The lowest BCUT2D eigenvalue weighted by Crippen LogP contribution is -2.45. The summed E-state index contributed by atoms with van der Waals surface area (Å²) in [6.45, 7) is 5.57. The number of rotatable bonds is 5. The Morgan fingerprint density at radius 2 is 1.68 bits per heavy atom. The van der Waals surface area contributed by atoms with Crippen LogP contribution in [0, 0.1) is 5.92 Å². The van der Waals surface area contributed by atoms with Gasteiger partial charge >= 0.3 is 0 Å². The normalized spacial score (nSPS) is 22.0. The molecule has 2 heterocycles. The molecule has 0 spiro atoms. The molecule has 3 aliphatic rings. The highest BCUT2D eigenvalue weighted by atomic mass is 16.2. The van der Waals surface area contributed by atoms with Gasteiger partial charge in [-0.25, -0.2) is 0 Å². The maximum Gasteiger partial charge on any atom is 0.231 e. The SMILES string of the molecule is CC(C1CCN(Cc2ccccc2)CC1)N1C(=O)Cc2cc(C3CCCCC3)ccc21. The van der Waals surface area contributed by atoms with E-state index in [1.807, 2.05) is 0 Å². The molecule has 164 valence electrons. The standard InChI is InChI=1S/C28H36N2O/c1-21(23-14-16-29(17-15-23)20-22-8-4-2-5-9-22)30-27-13-12-25(18-26(27)19-28(30)31)24-10-6-3-7-11-24/h2,4-5,8-9,12-13,18,21,23-24H,3,6-7,10-11,14-17,19-20H2,1H3. The smallest absolute Gasteiger partial charge is 0.231 e. The van der Waals surface area contributed by atoms with Crippen LogP contribution in [0.5, 0.6) is 0 Å². The van der Waals surface area contributed by atoms with E-state index in [2.05, 4.69) is 65.3 Å². The van der Waals surface area contributed by atoms with Gasteiger partial charge in [-0.15, -0.1) is 0 Å². The third-order valence-electron chi connectivity index (χ3n) is 8.02. The number of nitrogens with zero attached hydrogens (tertiary/aromatic N) is 2. The van der Waals surface area contributed by atoms with E-state index in [1.165, 1.54) is 67.3 Å². The van der Waals surface area contributed by atoms with Crippen molar-refractivity contribution in [2.45, 2.75) is 76.8 Å². The number of amides is 1. The van der Waals surface area contributed by atoms with Gasteiger partial charge in [0, 0.05) is 18.3 Å². The van der Waals surface area contributed by atoms with Crippen molar-refractivity contribution in [2.75, 3.05) is 18.0 Å². The van der Waals surface area contributed by atoms with E-state index in [1.54, 1.807) is 0 Å². The molecule has 2 aromatic rings. The third-order valence-corrected chi connectivity index (χ3v) is 8.02. The highest BCUT2D eigenvalue weighted by Gasteiger charge is 2.36. The Kier molecular flexibility index (Phi) is 6.13. The van der Waals surface area contributed by atoms with E-state index in [-0.39, 0.29) is 6.04 Å². The largest absolute Gasteiger partial charge is 0.309 e. The second-order valence-electron chi connectivity index (χ2n) is 10.0. The van der Waals surface area contributed by atoms with Gasteiger partial charge in [0.2, 0.25) is 5.91 Å². The minimum atomic E-state index is 0.285. The molecule has 0 N–H and O–H groups in total. The molecule has 0 bridgehead atoms. The van der Waals surface area contributed by atoms with Crippen molar-refractivity contribution in [3.05, 3.63) is 65.2 Å². The fraction of sp³-hybridized carbons (Fsp3) is 0.536. The molecule has 1 unspecified atom stereocenters. The number of carbonyl (C=O) groups excluding carboxylic acids is 1. The predicted molar refractivity (Wildman–Crippen MR) is 127 cm³/mol. The van der Waals surface area contributed by atoms with E-state index in [0.717, 1.165) is 19.6 Å². The topological polar surface area (TPSA) is 23.6 Å². The van der Waals surface area contributed by atoms with Crippen LogP contribution >= 0.6 is 0 Å². The van der Waals surface area contributed by atoms with Gasteiger partial charge in [-0.05, 0) is 80.3 Å². The summed E-state index contributed by atoms with van der Waals surface area (Å²) in [4.78, 5) is 17.7. The number of anilines is 1. The van der Waals surface area contributed by atoms with Gasteiger partial charge in [0.05, 0.1) is 6.42 Å². The van der Waals surface area contributed by atoms with E-state index >= 15 is 0 Å². The lowest BCUT2D eigenvalue weighted by atomic mass is 9.83. The Bertz CT molecular complexity index is 894. The minimum absolute atomic E-state index is 0.285. The number of benzene rings is 2. The fourth-order valence-corrected chi connectivity index (χ4v) is 6.15. The zero-order valence-corrected chi connectivity index (χ0v) is 18.9. The summed E-state index contributed by atoms with van der Waals surface area (Å²) in [5, 5.41) is 0. The number of hydrogen-bond acceptors (Lipinski definition) is 2. The highest BCUT2D eigenvalue weighted by Crippen LogP contribution is 2.39. The molecule has 1 saturated heterocycles. The zero-order chi connectivity index (χ0) is 21.2. The van der Waals surface area contributed by atoms with E-state index in [4.69, 9.17) is 0 Å². The van der Waals surface area contributed by atoms with Crippen molar-refractivity contribution >= 4 is 11.6 Å². The Morgan fingerprint density at radius 3 is 2.42 bits per heavy atom. The molecule has 3 nitrogen and oxygen atoms in total. The molecule has 5 rings (SSSR count). The molecule has 2 aliphatic heterocycles. The van der Waals surface area contributed by atoms with Crippen LogP contribution in [0.3, 0.4) is 0 Å². The van der Waals surface area contributed by atoms with Gasteiger partial charge in [-0.2, -0.15) is 0 Å². The van der Waals surface area contributed by atoms with Gasteiger partial charge < -0.3 is 4.90 Å². The van der Waals surface area contributed by atoms with Crippen molar-refractivity contribution < 1.29 is 4.79 Å². The lowest BCUT2D eigenvalue weighted by Gasteiger charge is -2.38. The number of piperidine rings is 1. The Balaban J connectivity index is 1.23. The summed E-state index contributed by atoms with van der Waals surface area (Å²) in [5.41, 5.74) is 5.31. The minimum Gasteiger partial charge on any atom is -0.309 e. The number of likely N-dealkylation sites (tertiary alicyclic amines) is 1. The van der Waals surface area contributed by atoms with Crippen molar-refractivity contribution in [3.8, 4) is 0 Å². The maximum absolute atomic E-state index is 13.0. The van der Waals surface area contributed by atoms with Crippen molar-refractivity contribution in [3.63, 3.8) is 0 Å². The van der Waals surface area contributed by atoms with Gasteiger partial charge in [0.25, 0.3) is 0 Å². The molecule has 31 heavy (non-hydrogen) atoms. The van der Waals surface area contributed by atoms with Gasteiger partial charge in [-0.3, -0.25) is 9.69 Å². The van der Waals surface area contributed by atoms with Gasteiger partial charge in [0.15, 0.2) is 0 Å². The lowest BCUT2D eigenvalue weighted by molar-refractivity contribution is -0.118. The third kappa shape index (κ3) is 4.43. The first kappa shape index (κ1) is 20.8. The quantitative estimate of drug-likeness (QED) is 0.604. The monoisotopic (exact) mass is 416 g/mol. The Morgan fingerprint density at radius 1 is 0.935 bits per heavy atom. The van der Waals surface area contributed by atoms with Crippen LogP contribution in [0.4, 0.5) is 5.69 Å². The molecule has 2 aromatic carbocycles. The molecule has 3 heteroatoms. The second-order valence-corrected chi connectivity index (χ2v) is 10.0. The maximum atomic E-state index is 13.0. The van der Waals surface area contributed by atoms with Crippen LogP contribution < -0.4 is 4.90 Å². The number of hydrogen-bond donors (Lipinski definition) is 0. The van der Waals surface area contributed by atoms with Crippen molar-refractivity contribution in [2.24, 2.45) is 5.92 Å². The molecule has 1 saturated carbocycles. The molecular weight excluding hydrogens is 380 g/mol. The first-order chi connectivity index (χ1) is 15.2. The van der Waals surface area contributed by atoms with E-state index in [0.29, 0.717) is 24.2 Å². The van der Waals surface area contributed by atoms with E-state index in [9.17, 15) is 4.79 Å². The predicted octanol–water partition coefficient (Wildman–Crippen LogP) is 5.92. The fourth-order valence-electron chi connectivity index (χ4n) is 6.15. The molecule has 0 radical (unpaired) electrons. The summed E-state index contributed by atoms with van der Waals surface area (Å²) < 4.78 is 0. The van der Waals surface area contributed by atoms with Crippen LogP contribution in [0.1, 0.15) is 74.5 Å². The number of carbonyl (C=O) groups is 1. The van der Waals surface area contributed by atoms with Crippen LogP contribution in [0.25, 0.3) is 0 Å². The van der Waals surface area contributed by atoms with Gasteiger partial charge in [-0.1, -0.05) is 61.7 Å². The average Bonchev–Trinajstić information content (AvgIpc) is 3.15. The summed E-state index contributed by atoms with van der Waals surface area (Å²) in [6.07, 6.45) is 9.66. The summed E-state index contributed by atoms with van der Waals surface area (Å²) >= 11 is 0. The number of fused-ring (bicyclic) bond motifs is 1. The first-order valence-corrected chi connectivity index (χ1v) is 12.4. The molecule has 1 amide bonds. The van der Waals surface area contributed by atoms with Crippen molar-refractivity contribution in [1.82, 2.24) is 4.90 Å². The van der Waals surface area contributed by atoms with Gasteiger partial charge in [0.1, 0.15) is 0 Å². The molecule has 0 aromatic heterocycles. The summed E-state index contributed by atoms with van der Waals surface area (Å²) in [6, 6.07) is 18.0. The molecule has 2 fully saturated rings. The Labute approximate surface area is 187 Å². The Hall–Kier alpha value is -2.13. The average molecular weight is 417 g/mol. The highest BCUT2D eigenvalue weighted by molar-refractivity contribution is 6.02. The van der Waals surface area contributed by atoms with E-state index < -0.39 is 0 Å². The van der Waals surface area contributed by atoms with Crippen LogP contribution in [-0.4, -0.2) is 29.9 Å². The molecule has 1 atom stereocenters. The zero-order valence-electron chi connectivity index (χ0n) is 18.9. The first-order valence-electron chi connectivity index (χ1n) is 12.4. The van der Waals surface area contributed by atoms with Crippen LogP contribution in [-0.2, 0) is 17.8 Å². The molecular formula is C28H36N2O. The molecule has 1 aliphatic carbocycles. The van der Waals surface area contributed by atoms with Crippen LogP contribution in [0.15, 0.2) is 48.5 Å².